The van der Waals surface area contributed by atoms with Crippen molar-refractivity contribution in [3.8, 4) is 5.75 Å². The fourth-order valence-corrected chi connectivity index (χ4v) is 3.74. The van der Waals surface area contributed by atoms with E-state index >= 15 is 0 Å². The van der Waals surface area contributed by atoms with E-state index in [9.17, 15) is 4.79 Å². The van der Waals surface area contributed by atoms with Gasteiger partial charge < -0.3 is 13.7 Å². The van der Waals surface area contributed by atoms with Crippen LogP contribution >= 0.6 is 11.8 Å². The number of benzene rings is 1. The second-order valence-electron chi connectivity index (χ2n) is 6.26. The van der Waals surface area contributed by atoms with E-state index in [2.05, 4.69) is 15.3 Å². The van der Waals surface area contributed by atoms with Crippen LogP contribution in [0.5, 0.6) is 5.75 Å². The molecule has 3 heterocycles. The van der Waals surface area contributed by atoms with Crippen LogP contribution in [0.25, 0.3) is 0 Å². The highest BCUT2D eigenvalue weighted by molar-refractivity contribution is 7.99. The average molecular weight is 397 g/mol. The number of thioether (sulfide) groups is 1. The summed E-state index contributed by atoms with van der Waals surface area (Å²) in [6.07, 6.45) is 3.80. The summed E-state index contributed by atoms with van der Waals surface area (Å²) in [5.41, 5.74) is 1.79. The first-order valence-corrected chi connectivity index (χ1v) is 9.68. The molecule has 0 radical (unpaired) electrons. The number of hydrogen-bond acceptors (Lipinski definition) is 7. The van der Waals surface area contributed by atoms with Gasteiger partial charge in [0.1, 0.15) is 23.9 Å². The summed E-state index contributed by atoms with van der Waals surface area (Å²) in [6, 6.07) is 11.1. The summed E-state index contributed by atoms with van der Waals surface area (Å²) in [5.74, 6) is 1.59. The number of rotatable bonds is 6. The Hall–Kier alpha value is -3.07. The molecule has 3 aromatic rings. The molecular formula is C19H19N5O3S. The summed E-state index contributed by atoms with van der Waals surface area (Å²) >= 11 is 1.33. The maximum absolute atomic E-state index is 12.9. The van der Waals surface area contributed by atoms with Crippen molar-refractivity contribution in [3.05, 3.63) is 60.3 Å². The summed E-state index contributed by atoms with van der Waals surface area (Å²) in [6.45, 7) is 0. The Morgan fingerprint density at radius 3 is 2.79 bits per heavy atom. The second-order valence-corrected chi connectivity index (χ2v) is 7.20. The summed E-state index contributed by atoms with van der Waals surface area (Å²) in [4.78, 5) is 12.9. The minimum atomic E-state index is -0.264. The van der Waals surface area contributed by atoms with Crippen molar-refractivity contribution >= 4 is 23.4 Å². The minimum Gasteiger partial charge on any atom is -0.497 e. The zero-order valence-electron chi connectivity index (χ0n) is 15.5. The Kier molecular flexibility index (Phi) is 5.16. The Bertz CT molecular complexity index is 981. The van der Waals surface area contributed by atoms with E-state index in [0.717, 1.165) is 17.0 Å². The van der Waals surface area contributed by atoms with Gasteiger partial charge in [0, 0.05) is 13.5 Å². The summed E-state index contributed by atoms with van der Waals surface area (Å²) < 4.78 is 12.6. The minimum absolute atomic E-state index is 0.113. The Labute approximate surface area is 166 Å². The SMILES string of the molecule is COc1ccc(C2=NN(C(=O)CSc3nncn3C)[C@@H](c3ccco3)C2)cc1. The zero-order chi connectivity index (χ0) is 19.5. The molecule has 1 atom stereocenters. The normalized spacial score (nSPS) is 16.3. The van der Waals surface area contributed by atoms with Gasteiger partial charge in [-0.15, -0.1) is 10.2 Å². The van der Waals surface area contributed by atoms with E-state index in [1.54, 1.807) is 24.3 Å². The van der Waals surface area contributed by atoms with E-state index in [1.807, 2.05) is 43.4 Å². The first-order chi connectivity index (χ1) is 13.7. The number of nitrogens with zero attached hydrogens (tertiary/aromatic N) is 5. The molecule has 2 aromatic heterocycles. The maximum Gasteiger partial charge on any atom is 0.253 e. The molecular weight excluding hydrogens is 378 g/mol. The van der Waals surface area contributed by atoms with Gasteiger partial charge in [-0.2, -0.15) is 5.10 Å². The van der Waals surface area contributed by atoms with Gasteiger partial charge in [-0.1, -0.05) is 11.8 Å². The lowest BCUT2D eigenvalue weighted by Crippen LogP contribution is -2.28. The third-order valence-electron chi connectivity index (χ3n) is 4.46. The van der Waals surface area contributed by atoms with Crippen LogP contribution in [-0.4, -0.2) is 44.3 Å². The molecule has 9 heteroatoms. The monoisotopic (exact) mass is 397 g/mol. The third kappa shape index (κ3) is 3.65. The van der Waals surface area contributed by atoms with Crippen molar-refractivity contribution < 1.29 is 13.9 Å². The quantitative estimate of drug-likeness (QED) is 0.595. The van der Waals surface area contributed by atoms with E-state index in [4.69, 9.17) is 9.15 Å². The number of hydrogen-bond donors (Lipinski definition) is 0. The molecule has 28 heavy (non-hydrogen) atoms. The number of hydrazone groups is 1. The number of carbonyl (C=O) groups excluding carboxylic acids is 1. The van der Waals surface area contributed by atoms with Crippen LogP contribution in [0.3, 0.4) is 0 Å². The van der Waals surface area contributed by atoms with Crippen LogP contribution in [0, 0.1) is 0 Å². The molecule has 8 nitrogen and oxygen atoms in total. The van der Waals surface area contributed by atoms with Gasteiger partial charge in [-0.25, -0.2) is 5.01 Å². The molecule has 4 rings (SSSR count). The molecule has 0 bridgehead atoms. The van der Waals surface area contributed by atoms with Gasteiger partial charge in [-0.05, 0) is 42.0 Å². The number of methoxy groups -OCH3 is 1. The van der Waals surface area contributed by atoms with Crippen molar-refractivity contribution in [2.75, 3.05) is 12.9 Å². The first kappa shape index (κ1) is 18.3. The highest BCUT2D eigenvalue weighted by Gasteiger charge is 2.34. The van der Waals surface area contributed by atoms with Crippen LogP contribution in [0.1, 0.15) is 23.8 Å². The molecule has 1 aliphatic rings. The van der Waals surface area contributed by atoms with Crippen LogP contribution in [0.15, 0.2) is 63.7 Å². The zero-order valence-corrected chi connectivity index (χ0v) is 16.3. The average Bonchev–Trinajstić information content (AvgIpc) is 3.46. The lowest BCUT2D eigenvalue weighted by atomic mass is 10.0. The topological polar surface area (TPSA) is 85.8 Å². The molecule has 0 saturated carbocycles. The van der Waals surface area contributed by atoms with Gasteiger partial charge in [0.2, 0.25) is 0 Å². The lowest BCUT2D eigenvalue weighted by molar-refractivity contribution is -0.130. The molecule has 1 amide bonds. The summed E-state index contributed by atoms with van der Waals surface area (Å²) in [5, 5.41) is 14.6. The van der Waals surface area contributed by atoms with Gasteiger partial charge in [0.25, 0.3) is 5.91 Å². The second kappa shape index (κ2) is 7.89. The smallest absolute Gasteiger partial charge is 0.253 e. The van der Waals surface area contributed by atoms with Crippen molar-refractivity contribution in [3.63, 3.8) is 0 Å². The van der Waals surface area contributed by atoms with E-state index < -0.39 is 0 Å². The van der Waals surface area contributed by atoms with Crippen LogP contribution in [0.4, 0.5) is 0 Å². The molecule has 0 saturated heterocycles. The third-order valence-corrected chi connectivity index (χ3v) is 5.47. The fraction of sp³-hybridized carbons (Fsp3) is 0.263. The molecule has 0 aliphatic carbocycles. The maximum atomic E-state index is 12.9. The number of aryl methyl sites for hydroxylation is 1. The number of carbonyl (C=O) groups is 1. The standard InChI is InChI=1S/C19H19N5O3S/c1-23-12-20-21-19(23)28-11-18(25)24-16(17-4-3-9-27-17)10-15(22-24)13-5-7-14(26-2)8-6-13/h3-9,12,16H,10-11H2,1-2H3/t16-/m1/s1. The van der Waals surface area contributed by atoms with Crippen LogP contribution in [0.2, 0.25) is 0 Å². The highest BCUT2D eigenvalue weighted by atomic mass is 32.2. The Morgan fingerprint density at radius 2 is 2.14 bits per heavy atom. The molecule has 0 N–H and O–H groups in total. The van der Waals surface area contributed by atoms with E-state index in [0.29, 0.717) is 17.3 Å². The molecule has 0 unspecified atom stereocenters. The lowest BCUT2D eigenvalue weighted by Gasteiger charge is -2.19. The predicted octanol–water partition coefficient (Wildman–Crippen LogP) is 2.89. The Morgan fingerprint density at radius 1 is 1.32 bits per heavy atom. The van der Waals surface area contributed by atoms with Gasteiger partial charge in [0.05, 0.1) is 24.8 Å². The largest absolute Gasteiger partial charge is 0.497 e. The van der Waals surface area contributed by atoms with Gasteiger partial charge >= 0.3 is 0 Å². The molecule has 0 fully saturated rings. The van der Waals surface area contributed by atoms with Crippen molar-refractivity contribution in [2.45, 2.75) is 17.6 Å². The Balaban J connectivity index is 1.56. The summed E-state index contributed by atoms with van der Waals surface area (Å²) in [7, 11) is 3.47. The fourth-order valence-electron chi connectivity index (χ4n) is 3.00. The first-order valence-electron chi connectivity index (χ1n) is 8.70. The predicted molar refractivity (Wildman–Crippen MR) is 104 cm³/mol. The molecule has 144 valence electrons. The number of amides is 1. The van der Waals surface area contributed by atoms with Gasteiger partial charge in [0.15, 0.2) is 5.16 Å². The number of furan rings is 1. The highest BCUT2D eigenvalue weighted by Crippen LogP contribution is 2.34. The van der Waals surface area contributed by atoms with Crippen LogP contribution in [-0.2, 0) is 11.8 Å². The molecule has 1 aromatic carbocycles. The van der Waals surface area contributed by atoms with Crippen molar-refractivity contribution in [1.82, 2.24) is 19.8 Å². The van der Waals surface area contributed by atoms with Crippen molar-refractivity contribution in [1.29, 1.82) is 0 Å². The number of aromatic nitrogens is 3. The van der Waals surface area contributed by atoms with Gasteiger partial charge in [-0.3, -0.25) is 4.79 Å². The van der Waals surface area contributed by atoms with E-state index in [1.165, 1.54) is 16.8 Å². The number of ether oxygens (including phenoxy) is 1. The molecule has 0 spiro atoms. The molecule has 1 aliphatic heterocycles. The van der Waals surface area contributed by atoms with Crippen molar-refractivity contribution in [2.24, 2.45) is 12.1 Å². The van der Waals surface area contributed by atoms with E-state index in [-0.39, 0.29) is 17.7 Å². The van der Waals surface area contributed by atoms with Crippen LogP contribution < -0.4 is 4.74 Å².